The fourth-order valence-electron chi connectivity index (χ4n) is 6.83. The van der Waals surface area contributed by atoms with E-state index in [9.17, 15) is 14.4 Å². The van der Waals surface area contributed by atoms with Crippen LogP contribution in [0.5, 0.6) is 0 Å². The number of halogens is 1. The number of aryl methyl sites for hydroxylation is 1. The van der Waals surface area contributed by atoms with Gasteiger partial charge in [-0.2, -0.15) is 0 Å². The van der Waals surface area contributed by atoms with Crippen molar-refractivity contribution in [2.45, 2.75) is 70.2 Å². The predicted molar refractivity (Wildman–Crippen MR) is 145 cm³/mol. The van der Waals surface area contributed by atoms with Gasteiger partial charge in [-0.1, -0.05) is 56.5 Å². The lowest BCUT2D eigenvalue weighted by atomic mass is 9.73. The van der Waals surface area contributed by atoms with E-state index < -0.39 is 29.6 Å². The number of rotatable bonds is 8. The first kappa shape index (κ1) is 27.2. The molecular weight excluding hydrogens is 506 g/mol. The molecule has 0 radical (unpaired) electrons. The zero-order valence-electron chi connectivity index (χ0n) is 22.5. The van der Waals surface area contributed by atoms with Crippen molar-refractivity contribution in [1.82, 2.24) is 10.2 Å². The first-order valence-electron chi connectivity index (χ1n) is 13.7. The third-order valence-corrected chi connectivity index (χ3v) is 9.55. The van der Waals surface area contributed by atoms with E-state index in [1.807, 2.05) is 25.1 Å². The van der Waals surface area contributed by atoms with E-state index in [1.165, 1.54) is 0 Å². The number of carbonyl (C=O) groups is 3. The molecule has 0 unspecified atom stereocenters. The average molecular weight is 544 g/mol. The quantitative estimate of drug-likeness (QED) is 0.385. The lowest BCUT2D eigenvalue weighted by Crippen LogP contribution is -2.58. The summed E-state index contributed by atoms with van der Waals surface area (Å²) in [4.78, 5) is 43.1. The Morgan fingerprint density at radius 3 is 2.76 bits per heavy atom. The van der Waals surface area contributed by atoms with E-state index >= 15 is 0 Å². The maximum atomic E-state index is 14.0. The number of methoxy groups -OCH3 is 1. The second-order valence-corrected chi connectivity index (χ2v) is 11.8. The first-order valence-corrected chi connectivity index (χ1v) is 14.1. The van der Waals surface area contributed by atoms with Gasteiger partial charge in [-0.3, -0.25) is 14.4 Å². The van der Waals surface area contributed by atoms with Gasteiger partial charge in [0.25, 0.3) is 0 Å². The van der Waals surface area contributed by atoms with Gasteiger partial charge in [-0.25, -0.2) is 0 Å². The van der Waals surface area contributed by atoms with Crippen LogP contribution in [0.2, 0.25) is 5.02 Å². The Bertz CT molecular complexity index is 1140. The molecule has 5 rings (SSSR count). The summed E-state index contributed by atoms with van der Waals surface area (Å²) in [7, 11) is 1.61. The van der Waals surface area contributed by atoms with Crippen LogP contribution >= 0.6 is 11.6 Å². The van der Waals surface area contributed by atoms with E-state index in [1.54, 1.807) is 24.1 Å². The SMILES string of the molecule is COCCCN1C(=O)[C@H]2[C@H](C(=O)Nc3ccc(C)c(Cl)c3)[C@H]3C=C[C@@]2(O3)[C@@H]1C(=O)N[C@@H]1CCC[C@H](C)[C@@H]1C. The summed E-state index contributed by atoms with van der Waals surface area (Å²) in [6.45, 7) is 7.11. The van der Waals surface area contributed by atoms with E-state index in [-0.39, 0.29) is 23.8 Å². The maximum Gasteiger partial charge on any atom is 0.246 e. The van der Waals surface area contributed by atoms with Crippen LogP contribution in [0.3, 0.4) is 0 Å². The Morgan fingerprint density at radius 1 is 1.24 bits per heavy atom. The lowest BCUT2D eigenvalue weighted by Gasteiger charge is -2.38. The van der Waals surface area contributed by atoms with Gasteiger partial charge in [0.2, 0.25) is 17.7 Å². The molecule has 4 aliphatic rings. The van der Waals surface area contributed by atoms with Gasteiger partial charge in [-0.05, 0) is 49.3 Å². The van der Waals surface area contributed by atoms with Crippen molar-refractivity contribution >= 4 is 35.0 Å². The highest BCUT2D eigenvalue weighted by Crippen LogP contribution is 2.55. The van der Waals surface area contributed by atoms with Crippen molar-refractivity contribution in [2.75, 3.05) is 25.6 Å². The summed E-state index contributed by atoms with van der Waals surface area (Å²) in [6, 6.07) is 4.53. The molecule has 3 heterocycles. The third kappa shape index (κ3) is 4.54. The van der Waals surface area contributed by atoms with Crippen molar-refractivity contribution in [3.8, 4) is 0 Å². The monoisotopic (exact) mass is 543 g/mol. The second kappa shape index (κ2) is 10.6. The zero-order valence-corrected chi connectivity index (χ0v) is 23.3. The van der Waals surface area contributed by atoms with Crippen molar-refractivity contribution in [2.24, 2.45) is 23.7 Å². The minimum atomic E-state index is -1.17. The number of fused-ring (bicyclic) bond motifs is 1. The van der Waals surface area contributed by atoms with Crippen LogP contribution in [0.4, 0.5) is 5.69 Å². The fourth-order valence-corrected chi connectivity index (χ4v) is 7.01. The predicted octanol–water partition coefficient (Wildman–Crippen LogP) is 3.71. The van der Waals surface area contributed by atoms with Crippen LogP contribution in [0.15, 0.2) is 30.4 Å². The van der Waals surface area contributed by atoms with Crippen LogP contribution in [-0.2, 0) is 23.9 Å². The van der Waals surface area contributed by atoms with E-state index in [4.69, 9.17) is 21.1 Å². The number of nitrogens with one attached hydrogen (secondary N) is 2. The summed E-state index contributed by atoms with van der Waals surface area (Å²) in [6.07, 6.45) is 6.82. The van der Waals surface area contributed by atoms with Gasteiger partial charge >= 0.3 is 0 Å². The van der Waals surface area contributed by atoms with Gasteiger partial charge in [0.15, 0.2) is 0 Å². The number of nitrogens with zero attached hydrogens (tertiary/aromatic N) is 1. The topological polar surface area (TPSA) is 97.0 Å². The fraction of sp³-hybridized carbons (Fsp3) is 0.621. The molecule has 3 fully saturated rings. The van der Waals surface area contributed by atoms with E-state index in [2.05, 4.69) is 24.5 Å². The maximum absolute atomic E-state index is 14.0. The minimum Gasteiger partial charge on any atom is -0.385 e. The molecule has 8 nitrogen and oxygen atoms in total. The molecule has 1 saturated carbocycles. The highest BCUT2D eigenvalue weighted by molar-refractivity contribution is 6.31. The minimum absolute atomic E-state index is 0.0468. The number of likely N-dealkylation sites (tertiary alicyclic amines) is 1. The zero-order chi connectivity index (χ0) is 27.2. The Hall–Kier alpha value is -2.42. The number of benzene rings is 1. The van der Waals surface area contributed by atoms with Gasteiger partial charge in [0.05, 0.1) is 17.9 Å². The van der Waals surface area contributed by atoms with Crippen molar-refractivity contribution in [3.05, 3.63) is 40.9 Å². The van der Waals surface area contributed by atoms with Crippen molar-refractivity contribution in [1.29, 1.82) is 0 Å². The molecular formula is C29H38ClN3O5. The number of ether oxygens (including phenoxy) is 2. The normalized spacial score (nSPS) is 35.4. The van der Waals surface area contributed by atoms with E-state index in [0.717, 1.165) is 24.8 Å². The Kier molecular flexibility index (Phi) is 7.59. The molecule has 9 heteroatoms. The molecule has 2 N–H and O–H groups in total. The molecule has 1 aromatic rings. The summed E-state index contributed by atoms with van der Waals surface area (Å²) in [5.41, 5.74) is 0.293. The van der Waals surface area contributed by atoms with Gasteiger partial charge in [0.1, 0.15) is 11.6 Å². The number of amides is 3. The Labute approximate surface area is 229 Å². The summed E-state index contributed by atoms with van der Waals surface area (Å²) < 4.78 is 11.6. The van der Waals surface area contributed by atoms with Gasteiger partial charge in [-0.15, -0.1) is 0 Å². The lowest BCUT2D eigenvalue weighted by molar-refractivity contribution is -0.141. The van der Waals surface area contributed by atoms with Gasteiger partial charge in [0, 0.05) is 37.0 Å². The number of carbonyl (C=O) groups excluding carboxylic acids is 3. The molecule has 2 bridgehead atoms. The summed E-state index contributed by atoms with van der Waals surface area (Å²) in [5, 5.41) is 6.75. The Morgan fingerprint density at radius 2 is 2.03 bits per heavy atom. The summed E-state index contributed by atoms with van der Waals surface area (Å²) in [5.74, 6) is -1.40. The largest absolute Gasteiger partial charge is 0.385 e. The Balaban J connectivity index is 1.42. The van der Waals surface area contributed by atoms with Crippen molar-refractivity contribution < 1.29 is 23.9 Å². The molecule has 3 amide bonds. The molecule has 206 valence electrons. The molecule has 38 heavy (non-hydrogen) atoms. The highest BCUT2D eigenvalue weighted by Gasteiger charge is 2.72. The van der Waals surface area contributed by atoms with Crippen LogP contribution in [0.1, 0.15) is 45.1 Å². The first-order chi connectivity index (χ1) is 18.2. The number of hydrogen-bond acceptors (Lipinski definition) is 5. The van der Waals surface area contributed by atoms with Crippen LogP contribution in [0, 0.1) is 30.6 Å². The van der Waals surface area contributed by atoms with Crippen LogP contribution in [0.25, 0.3) is 0 Å². The van der Waals surface area contributed by atoms with Crippen LogP contribution in [-0.4, -0.2) is 66.7 Å². The molecule has 2 saturated heterocycles. The van der Waals surface area contributed by atoms with Crippen LogP contribution < -0.4 is 10.6 Å². The molecule has 3 aliphatic heterocycles. The number of hydrogen-bond donors (Lipinski definition) is 2. The second-order valence-electron chi connectivity index (χ2n) is 11.4. The molecule has 0 aromatic heterocycles. The third-order valence-electron chi connectivity index (χ3n) is 9.15. The number of anilines is 1. The molecule has 1 spiro atoms. The summed E-state index contributed by atoms with van der Waals surface area (Å²) >= 11 is 6.26. The molecule has 8 atom stereocenters. The van der Waals surface area contributed by atoms with Gasteiger partial charge < -0.3 is 25.0 Å². The standard InChI is InChI=1S/C29H38ClN3O5/c1-16-7-5-8-21(18(16)3)32-27(35)25-29-12-11-22(38-29)23(24(29)28(36)33(25)13-6-14-37-4)26(34)31-19-10-9-17(2)20(30)15-19/h9-12,15-16,18,21-25H,5-8,13-14H2,1-4H3,(H,31,34)(H,32,35)/t16-,18-,21+,22+,23+,24+,25-,29-/m0/s1. The average Bonchev–Trinajstić information content (AvgIpc) is 3.52. The highest BCUT2D eigenvalue weighted by atomic mass is 35.5. The van der Waals surface area contributed by atoms with Crippen molar-refractivity contribution in [3.63, 3.8) is 0 Å². The molecule has 1 aromatic carbocycles. The molecule has 1 aliphatic carbocycles. The van der Waals surface area contributed by atoms with E-state index in [0.29, 0.717) is 42.1 Å². The smallest absolute Gasteiger partial charge is 0.246 e.